The molecule has 6 rings (SSSR count). The second-order valence-corrected chi connectivity index (χ2v) is 7.13. The molecule has 0 N–H and O–H groups in total. The number of halogens is 1. The van der Waals surface area contributed by atoms with Gasteiger partial charge in [-0.25, -0.2) is 4.39 Å². The van der Waals surface area contributed by atoms with E-state index in [-0.39, 0.29) is 5.82 Å². The molecule has 2 atom stereocenters. The molecule has 2 bridgehead atoms. The van der Waals surface area contributed by atoms with Crippen molar-refractivity contribution in [1.29, 1.82) is 0 Å². The molecule has 0 aromatic carbocycles. The van der Waals surface area contributed by atoms with Crippen LogP contribution in [0.4, 0.5) is 4.39 Å². The van der Waals surface area contributed by atoms with E-state index >= 15 is 0 Å². The SMILES string of the molecule is Fc1cccnc1CN1CC2CC(C1)N2Cc1nnc2n1CCC2. The van der Waals surface area contributed by atoms with Crippen LogP contribution in [-0.2, 0) is 26.1 Å². The lowest BCUT2D eigenvalue weighted by molar-refractivity contribution is -0.0797. The van der Waals surface area contributed by atoms with Gasteiger partial charge in [0.15, 0.2) is 0 Å². The van der Waals surface area contributed by atoms with E-state index in [0.717, 1.165) is 44.2 Å². The molecule has 0 radical (unpaired) electrons. The second kappa shape index (κ2) is 5.60. The van der Waals surface area contributed by atoms with Crippen molar-refractivity contribution in [2.24, 2.45) is 0 Å². The molecule has 4 aliphatic rings. The fourth-order valence-electron chi connectivity index (χ4n) is 4.40. The Kier molecular flexibility index (Phi) is 3.38. The Bertz CT molecular complexity index is 747. The van der Waals surface area contributed by atoms with Gasteiger partial charge < -0.3 is 4.57 Å². The molecule has 2 unspecified atom stereocenters. The summed E-state index contributed by atoms with van der Waals surface area (Å²) in [7, 11) is 0. The van der Waals surface area contributed by atoms with Crippen LogP contribution < -0.4 is 0 Å². The molecule has 2 aromatic heterocycles. The van der Waals surface area contributed by atoms with Crippen LogP contribution in [-0.4, -0.2) is 54.7 Å². The minimum Gasteiger partial charge on any atom is -0.314 e. The van der Waals surface area contributed by atoms with E-state index in [4.69, 9.17) is 0 Å². The largest absolute Gasteiger partial charge is 0.314 e. The quantitative estimate of drug-likeness (QED) is 0.845. The number of piperidine rings is 1. The number of rotatable bonds is 4. The Hall–Kier alpha value is -1.86. The maximum absolute atomic E-state index is 13.8. The maximum atomic E-state index is 13.8. The van der Waals surface area contributed by atoms with E-state index in [2.05, 4.69) is 29.5 Å². The lowest BCUT2D eigenvalue weighted by atomic mass is 9.87. The van der Waals surface area contributed by atoms with Gasteiger partial charge in [-0.05, 0) is 25.0 Å². The molecule has 4 aliphatic heterocycles. The number of hydrogen-bond donors (Lipinski definition) is 0. The second-order valence-electron chi connectivity index (χ2n) is 7.13. The average molecular weight is 328 g/mol. The summed E-state index contributed by atoms with van der Waals surface area (Å²) in [5.41, 5.74) is 0.556. The maximum Gasteiger partial charge on any atom is 0.147 e. The smallest absolute Gasteiger partial charge is 0.147 e. The highest BCUT2D eigenvalue weighted by Gasteiger charge is 2.45. The Balaban J connectivity index is 1.24. The number of pyridine rings is 1. The van der Waals surface area contributed by atoms with Gasteiger partial charge in [0.1, 0.15) is 17.5 Å². The third kappa shape index (κ3) is 2.34. The van der Waals surface area contributed by atoms with Crippen LogP contribution >= 0.6 is 0 Å². The van der Waals surface area contributed by atoms with Gasteiger partial charge in [0.2, 0.25) is 0 Å². The molecule has 0 spiro atoms. The molecule has 126 valence electrons. The standard InChI is InChI=1S/C17H21FN6/c18-14-3-1-5-19-15(14)10-22-8-12-7-13(9-22)24(12)11-17-21-20-16-4-2-6-23(16)17/h1,3,5,12-13H,2,4,6-11H2. The first-order valence-electron chi connectivity index (χ1n) is 8.76. The van der Waals surface area contributed by atoms with Crippen molar-refractivity contribution in [2.75, 3.05) is 13.1 Å². The summed E-state index contributed by atoms with van der Waals surface area (Å²) in [6.45, 7) is 4.52. The van der Waals surface area contributed by atoms with Crippen LogP contribution in [0.2, 0.25) is 0 Å². The minimum absolute atomic E-state index is 0.201. The molecule has 6 heterocycles. The zero-order valence-corrected chi connectivity index (χ0v) is 13.6. The van der Waals surface area contributed by atoms with Crippen LogP contribution in [0.1, 0.15) is 30.2 Å². The van der Waals surface area contributed by atoms with E-state index < -0.39 is 0 Å². The molecule has 0 saturated carbocycles. The molecular formula is C17H21FN6. The topological polar surface area (TPSA) is 50.1 Å². The Morgan fingerprint density at radius 1 is 1.17 bits per heavy atom. The molecule has 6 nitrogen and oxygen atoms in total. The van der Waals surface area contributed by atoms with E-state index in [9.17, 15) is 4.39 Å². The summed E-state index contributed by atoms with van der Waals surface area (Å²) in [6, 6.07) is 4.23. The summed E-state index contributed by atoms with van der Waals surface area (Å²) < 4.78 is 16.1. The average Bonchev–Trinajstić information content (AvgIpc) is 3.19. The number of nitrogens with zero attached hydrogens (tertiary/aromatic N) is 6. The van der Waals surface area contributed by atoms with Crippen molar-refractivity contribution in [3.8, 4) is 0 Å². The van der Waals surface area contributed by atoms with Gasteiger partial charge in [-0.2, -0.15) is 0 Å². The van der Waals surface area contributed by atoms with Gasteiger partial charge in [0.05, 0.1) is 12.2 Å². The number of aromatic nitrogens is 4. The molecule has 24 heavy (non-hydrogen) atoms. The Labute approximate surface area is 140 Å². The van der Waals surface area contributed by atoms with Crippen molar-refractivity contribution >= 4 is 0 Å². The molecular weight excluding hydrogens is 307 g/mol. The van der Waals surface area contributed by atoms with E-state index in [1.807, 2.05) is 0 Å². The van der Waals surface area contributed by atoms with E-state index in [1.54, 1.807) is 12.3 Å². The van der Waals surface area contributed by atoms with Crippen molar-refractivity contribution in [3.63, 3.8) is 0 Å². The molecule has 2 aromatic rings. The number of fused-ring (bicyclic) bond motifs is 3. The van der Waals surface area contributed by atoms with Gasteiger partial charge in [0.25, 0.3) is 0 Å². The number of aryl methyl sites for hydroxylation is 1. The highest BCUT2D eigenvalue weighted by atomic mass is 19.1. The highest BCUT2D eigenvalue weighted by molar-refractivity contribution is 5.10. The van der Waals surface area contributed by atoms with E-state index in [1.165, 1.54) is 18.9 Å². The predicted molar refractivity (Wildman–Crippen MR) is 85.6 cm³/mol. The lowest BCUT2D eigenvalue weighted by Crippen LogP contribution is -2.67. The first-order chi connectivity index (χ1) is 11.8. The summed E-state index contributed by atoms with van der Waals surface area (Å²) >= 11 is 0. The first-order valence-corrected chi connectivity index (χ1v) is 8.76. The minimum atomic E-state index is -0.201. The zero-order valence-electron chi connectivity index (χ0n) is 13.6. The first kappa shape index (κ1) is 14.5. The molecule has 0 aliphatic carbocycles. The summed E-state index contributed by atoms with van der Waals surface area (Å²) in [5.74, 6) is 2.05. The van der Waals surface area contributed by atoms with Crippen molar-refractivity contribution in [2.45, 2.75) is 51.0 Å². The monoisotopic (exact) mass is 328 g/mol. The van der Waals surface area contributed by atoms with Gasteiger partial charge in [0, 0.05) is 50.9 Å². The van der Waals surface area contributed by atoms with Crippen molar-refractivity contribution < 1.29 is 4.39 Å². The van der Waals surface area contributed by atoms with E-state index in [0.29, 0.717) is 24.3 Å². The summed E-state index contributed by atoms with van der Waals surface area (Å²) in [4.78, 5) is 9.05. The third-order valence-corrected chi connectivity index (χ3v) is 5.64. The van der Waals surface area contributed by atoms with Crippen molar-refractivity contribution in [3.05, 3.63) is 41.5 Å². The summed E-state index contributed by atoms with van der Waals surface area (Å²) in [5, 5.41) is 8.69. The number of piperazine rings is 1. The van der Waals surface area contributed by atoms with Crippen molar-refractivity contribution in [1.82, 2.24) is 29.5 Å². The zero-order chi connectivity index (χ0) is 16.1. The normalized spacial score (nSPS) is 26.4. The predicted octanol–water partition coefficient (Wildman–Crippen LogP) is 1.22. The number of hydrogen-bond acceptors (Lipinski definition) is 5. The third-order valence-electron chi connectivity index (χ3n) is 5.64. The molecule has 3 saturated heterocycles. The molecule has 3 fully saturated rings. The van der Waals surface area contributed by atoms with Crippen LogP contribution in [0.15, 0.2) is 18.3 Å². The highest BCUT2D eigenvalue weighted by Crippen LogP contribution is 2.34. The van der Waals surface area contributed by atoms with Crippen LogP contribution in [0.25, 0.3) is 0 Å². The Morgan fingerprint density at radius 2 is 2.04 bits per heavy atom. The molecule has 7 heteroatoms. The van der Waals surface area contributed by atoms with Gasteiger partial charge >= 0.3 is 0 Å². The van der Waals surface area contributed by atoms with Crippen LogP contribution in [0.3, 0.4) is 0 Å². The fraction of sp³-hybridized carbons (Fsp3) is 0.588. The Morgan fingerprint density at radius 3 is 2.88 bits per heavy atom. The van der Waals surface area contributed by atoms with Gasteiger partial charge in [-0.1, -0.05) is 0 Å². The molecule has 0 amide bonds. The van der Waals surface area contributed by atoms with Gasteiger partial charge in [-0.3, -0.25) is 14.8 Å². The van der Waals surface area contributed by atoms with Crippen LogP contribution in [0.5, 0.6) is 0 Å². The fourth-order valence-corrected chi connectivity index (χ4v) is 4.40. The van der Waals surface area contributed by atoms with Crippen LogP contribution in [0, 0.1) is 5.82 Å². The lowest BCUT2D eigenvalue weighted by Gasteiger charge is -2.56. The summed E-state index contributed by atoms with van der Waals surface area (Å²) in [6.07, 6.45) is 5.15. The van der Waals surface area contributed by atoms with Gasteiger partial charge in [-0.15, -0.1) is 10.2 Å².